The van der Waals surface area contributed by atoms with Gasteiger partial charge in [0.2, 0.25) is 0 Å². The summed E-state index contributed by atoms with van der Waals surface area (Å²) in [5.41, 5.74) is 0.200. The Labute approximate surface area is 273 Å². The van der Waals surface area contributed by atoms with Crippen LogP contribution in [0.4, 0.5) is 4.79 Å². The molecule has 0 bridgehead atoms. The largest absolute Gasteiger partial charge is 0.462 e. The molecule has 1 fully saturated rings. The van der Waals surface area contributed by atoms with Gasteiger partial charge in [0, 0.05) is 41.5 Å². The van der Waals surface area contributed by atoms with Gasteiger partial charge in [0.15, 0.2) is 24.4 Å². The van der Waals surface area contributed by atoms with Gasteiger partial charge in [-0.15, -0.1) is 4.41 Å². The van der Waals surface area contributed by atoms with Crippen LogP contribution in [-0.2, 0) is 67.3 Å². The van der Waals surface area contributed by atoms with E-state index in [1.165, 1.54) is 18.2 Å². The molecule has 2 rings (SSSR count). The highest BCUT2D eigenvalue weighted by Crippen LogP contribution is 2.22. The number of esters is 5. The quantitative estimate of drug-likeness (QED) is 0.0631. The SMILES string of the molecule is CC(=O)OCC(OC(C)=O)C(OC(C)=O)C(OC(C)=O)C(/C=N/N(C(C)=O)S(=O)(=O)c1ccc(/C=C2\NC(=O)NC2=O)cc1)OC(C)=O. The molecule has 0 spiro atoms. The van der Waals surface area contributed by atoms with Crippen LogP contribution in [-0.4, -0.2) is 97.8 Å². The van der Waals surface area contributed by atoms with Gasteiger partial charge in [-0.3, -0.25) is 38.9 Å². The number of nitrogens with one attached hydrogen (secondary N) is 2. The number of carbonyl (C=O) groups excluding carboxylic acids is 8. The first-order chi connectivity index (χ1) is 22.3. The van der Waals surface area contributed by atoms with E-state index in [1.54, 1.807) is 0 Å². The van der Waals surface area contributed by atoms with Crippen molar-refractivity contribution in [1.82, 2.24) is 15.0 Å². The van der Waals surface area contributed by atoms with Gasteiger partial charge in [0.05, 0.1) is 11.1 Å². The number of sulfonamides is 1. The second-order valence-corrected chi connectivity index (χ2v) is 11.5. The molecule has 1 heterocycles. The lowest BCUT2D eigenvalue weighted by Gasteiger charge is -2.34. The fourth-order valence-corrected chi connectivity index (χ4v) is 5.16. The zero-order chi connectivity index (χ0) is 36.3. The van der Waals surface area contributed by atoms with E-state index in [9.17, 15) is 46.8 Å². The molecule has 4 amide bonds. The van der Waals surface area contributed by atoms with E-state index in [4.69, 9.17) is 23.7 Å². The number of benzene rings is 1. The van der Waals surface area contributed by atoms with Crippen LogP contribution in [0.15, 0.2) is 40.0 Å². The summed E-state index contributed by atoms with van der Waals surface area (Å²) in [6.07, 6.45) is -5.47. The molecule has 0 saturated carbocycles. The Morgan fingerprint density at radius 1 is 0.771 bits per heavy atom. The number of urea groups is 1. The van der Waals surface area contributed by atoms with Crippen molar-refractivity contribution < 1.29 is 70.5 Å². The Kier molecular flexibility index (Phi) is 13.5. The van der Waals surface area contributed by atoms with Crippen LogP contribution < -0.4 is 10.6 Å². The molecule has 48 heavy (non-hydrogen) atoms. The maximum Gasteiger partial charge on any atom is 0.326 e. The number of nitrogens with zero attached hydrogens (tertiary/aromatic N) is 2. The topological polar surface area (TPSA) is 257 Å². The number of ether oxygens (including phenoxy) is 5. The highest BCUT2D eigenvalue weighted by molar-refractivity contribution is 7.89. The Bertz CT molecular complexity index is 1640. The van der Waals surface area contributed by atoms with Gasteiger partial charge < -0.3 is 29.0 Å². The van der Waals surface area contributed by atoms with E-state index >= 15 is 0 Å². The first-order valence-electron chi connectivity index (χ1n) is 13.7. The number of rotatable bonds is 14. The Morgan fingerprint density at radius 3 is 1.77 bits per heavy atom. The van der Waals surface area contributed by atoms with Crippen molar-refractivity contribution in [3.63, 3.8) is 0 Å². The second-order valence-electron chi connectivity index (χ2n) is 9.74. The van der Waals surface area contributed by atoms with Gasteiger partial charge in [-0.25, -0.2) is 4.79 Å². The number of hydrogen-bond acceptors (Lipinski definition) is 16. The maximum absolute atomic E-state index is 13.5. The molecule has 0 radical (unpaired) electrons. The minimum atomic E-state index is -4.77. The fraction of sp³-hybridized carbons (Fsp3) is 0.393. The molecule has 19 nitrogen and oxygen atoms in total. The minimum absolute atomic E-state index is 0.0235. The number of imide groups is 1. The maximum atomic E-state index is 13.5. The first-order valence-corrected chi connectivity index (χ1v) is 15.1. The molecule has 4 unspecified atom stereocenters. The molecule has 0 aliphatic carbocycles. The van der Waals surface area contributed by atoms with Crippen molar-refractivity contribution >= 4 is 70.0 Å². The van der Waals surface area contributed by atoms with Gasteiger partial charge in [-0.05, 0) is 23.8 Å². The average Bonchev–Trinajstić information content (AvgIpc) is 3.27. The highest BCUT2D eigenvalue weighted by Gasteiger charge is 2.44. The van der Waals surface area contributed by atoms with Gasteiger partial charge in [0.1, 0.15) is 12.3 Å². The van der Waals surface area contributed by atoms with Gasteiger partial charge in [-0.2, -0.15) is 13.5 Å². The Hall–Kier alpha value is -5.66. The average molecular weight is 697 g/mol. The predicted molar refractivity (Wildman–Crippen MR) is 158 cm³/mol. The molecule has 1 saturated heterocycles. The van der Waals surface area contributed by atoms with Crippen LogP contribution in [0.5, 0.6) is 0 Å². The van der Waals surface area contributed by atoms with Crippen LogP contribution >= 0.6 is 0 Å². The van der Waals surface area contributed by atoms with Crippen LogP contribution in [0.2, 0.25) is 0 Å². The second kappa shape index (κ2) is 16.8. The fourth-order valence-electron chi connectivity index (χ4n) is 3.97. The number of hydrogen-bond donors (Lipinski definition) is 2. The van der Waals surface area contributed by atoms with Crippen molar-refractivity contribution in [1.29, 1.82) is 0 Å². The molecule has 1 aromatic rings. The molecule has 20 heteroatoms. The van der Waals surface area contributed by atoms with E-state index in [-0.39, 0.29) is 10.1 Å². The standard InChI is InChI=1S/C28H32N4O15S/c1-14(33)32(48(41,42)21-9-7-20(8-10-21)11-22-27(39)31-28(40)30-22)29-12-23(44-16(3)35)25(46-18(5)37)26(47-19(6)38)24(45-17(4)36)13-43-15(2)34/h7-12,23-26H,13H2,1-6H3,(H2,30,31,39,40)/b22-11-,29-12+. The summed E-state index contributed by atoms with van der Waals surface area (Å²) in [5, 5.41) is 7.96. The summed E-state index contributed by atoms with van der Waals surface area (Å²) in [5.74, 6) is -6.74. The van der Waals surface area contributed by atoms with E-state index < -0.39 is 93.6 Å². The van der Waals surface area contributed by atoms with Gasteiger partial charge in [-0.1, -0.05) is 12.1 Å². The third-order valence-corrected chi connectivity index (χ3v) is 7.39. The molecule has 2 N–H and O–H groups in total. The lowest BCUT2D eigenvalue weighted by molar-refractivity contribution is -0.197. The van der Waals surface area contributed by atoms with E-state index in [0.29, 0.717) is 11.8 Å². The Morgan fingerprint density at radius 2 is 1.31 bits per heavy atom. The lowest BCUT2D eigenvalue weighted by Crippen LogP contribution is -2.53. The van der Waals surface area contributed by atoms with Crippen LogP contribution in [0.25, 0.3) is 6.08 Å². The van der Waals surface area contributed by atoms with Gasteiger partial charge in [0.25, 0.3) is 21.8 Å². The van der Waals surface area contributed by atoms with Crippen molar-refractivity contribution in [2.75, 3.05) is 6.61 Å². The zero-order valence-corrected chi connectivity index (χ0v) is 27.2. The van der Waals surface area contributed by atoms with Crippen molar-refractivity contribution in [2.24, 2.45) is 5.10 Å². The molecule has 4 atom stereocenters. The van der Waals surface area contributed by atoms with Crippen LogP contribution in [0.1, 0.15) is 47.1 Å². The molecule has 260 valence electrons. The normalized spacial score (nSPS) is 16.1. The number of amides is 4. The van der Waals surface area contributed by atoms with Crippen molar-refractivity contribution in [3.8, 4) is 0 Å². The van der Waals surface area contributed by atoms with E-state index in [1.807, 2.05) is 5.32 Å². The molecular weight excluding hydrogens is 664 g/mol. The molecular formula is C28H32N4O15S. The number of hydrazone groups is 1. The zero-order valence-electron chi connectivity index (χ0n) is 26.4. The van der Waals surface area contributed by atoms with Crippen LogP contribution in [0, 0.1) is 0 Å². The van der Waals surface area contributed by atoms with Crippen molar-refractivity contribution in [3.05, 3.63) is 35.5 Å². The van der Waals surface area contributed by atoms with E-state index in [0.717, 1.165) is 53.7 Å². The first kappa shape index (κ1) is 38.5. The monoisotopic (exact) mass is 696 g/mol. The highest BCUT2D eigenvalue weighted by atomic mass is 32.2. The third-order valence-electron chi connectivity index (χ3n) is 5.71. The summed E-state index contributed by atoms with van der Waals surface area (Å²) < 4.78 is 52.7. The summed E-state index contributed by atoms with van der Waals surface area (Å²) in [6.45, 7) is 4.90. The summed E-state index contributed by atoms with van der Waals surface area (Å²) in [6, 6.07) is 3.93. The molecule has 0 aromatic heterocycles. The molecule has 1 aliphatic heterocycles. The Balaban J connectivity index is 2.59. The smallest absolute Gasteiger partial charge is 0.326 e. The predicted octanol–water partition coefficient (Wildman–Crippen LogP) is -0.320. The summed E-state index contributed by atoms with van der Waals surface area (Å²) >= 11 is 0. The minimum Gasteiger partial charge on any atom is -0.462 e. The van der Waals surface area contributed by atoms with Gasteiger partial charge >= 0.3 is 35.9 Å². The molecule has 1 aromatic carbocycles. The van der Waals surface area contributed by atoms with Crippen LogP contribution in [0.3, 0.4) is 0 Å². The third kappa shape index (κ3) is 11.3. The summed E-state index contributed by atoms with van der Waals surface area (Å²) in [7, 11) is -4.77. The lowest BCUT2D eigenvalue weighted by atomic mass is 10.0. The number of carbonyl (C=O) groups is 8. The summed E-state index contributed by atoms with van der Waals surface area (Å²) in [4.78, 5) is 94.9. The van der Waals surface area contributed by atoms with E-state index in [2.05, 4.69) is 10.4 Å². The van der Waals surface area contributed by atoms with Crippen molar-refractivity contribution in [2.45, 2.75) is 70.9 Å². The molecule has 1 aliphatic rings.